The van der Waals surface area contributed by atoms with Gasteiger partial charge in [0.05, 0.1) is 33.0 Å². The van der Waals surface area contributed by atoms with Crippen LogP contribution in [0.15, 0.2) is 24.3 Å². The van der Waals surface area contributed by atoms with E-state index in [1.54, 1.807) is 19.2 Å². The van der Waals surface area contributed by atoms with E-state index in [1.807, 2.05) is 29.0 Å². The maximum atomic E-state index is 12.8. The lowest BCUT2D eigenvalue weighted by Gasteiger charge is -2.37. The molecule has 0 bridgehead atoms. The molecule has 6 heteroatoms. The zero-order valence-corrected chi connectivity index (χ0v) is 13.2. The van der Waals surface area contributed by atoms with Crippen LogP contribution in [0.5, 0.6) is 5.75 Å². The highest BCUT2D eigenvalue weighted by Gasteiger charge is 2.29. The van der Waals surface area contributed by atoms with E-state index in [0.717, 1.165) is 0 Å². The van der Waals surface area contributed by atoms with Gasteiger partial charge in [0.25, 0.3) is 5.91 Å². The van der Waals surface area contributed by atoms with Crippen LogP contribution in [0.2, 0.25) is 0 Å². The van der Waals surface area contributed by atoms with Gasteiger partial charge in [-0.15, -0.1) is 0 Å². The largest absolute Gasteiger partial charge is 0.497 e. The molecule has 1 heterocycles. The lowest BCUT2D eigenvalue weighted by molar-refractivity contribution is -0.0109. The molecule has 0 aromatic heterocycles. The number of aliphatic hydroxyl groups excluding tert-OH is 1. The number of carbonyl (C=O) groups excluding carboxylic acids is 1. The van der Waals surface area contributed by atoms with E-state index in [1.165, 1.54) is 0 Å². The molecule has 1 aliphatic rings. The van der Waals surface area contributed by atoms with Crippen LogP contribution in [0, 0.1) is 0 Å². The van der Waals surface area contributed by atoms with E-state index >= 15 is 0 Å². The Morgan fingerprint density at radius 1 is 1.55 bits per heavy atom. The number of hydrogen-bond acceptors (Lipinski definition) is 5. The molecule has 1 atom stereocenters. The number of benzene rings is 1. The summed E-state index contributed by atoms with van der Waals surface area (Å²) >= 11 is 0. The molecular formula is C16H24N2O4. The summed E-state index contributed by atoms with van der Waals surface area (Å²) in [5.74, 6) is 0.664. The Labute approximate surface area is 131 Å². The van der Waals surface area contributed by atoms with Gasteiger partial charge in [-0.25, -0.2) is 0 Å². The number of hydrogen-bond donors (Lipinski definition) is 1. The fourth-order valence-corrected chi connectivity index (χ4v) is 2.62. The first-order chi connectivity index (χ1) is 10.7. The third kappa shape index (κ3) is 4.19. The first-order valence-corrected chi connectivity index (χ1v) is 7.48. The zero-order chi connectivity index (χ0) is 15.9. The molecule has 2 rings (SSSR count). The van der Waals surface area contributed by atoms with Crippen LogP contribution in [0.4, 0.5) is 0 Å². The fourth-order valence-electron chi connectivity index (χ4n) is 2.62. The Bertz CT molecular complexity index is 495. The first-order valence-electron chi connectivity index (χ1n) is 7.48. The topological polar surface area (TPSA) is 62.2 Å². The molecule has 1 N–H and O–H groups in total. The van der Waals surface area contributed by atoms with Gasteiger partial charge in [-0.3, -0.25) is 4.79 Å². The smallest absolute Gasteiger partial charge is 0.254 e. The summed E-state index contributed by atoms with van der Waals surface area (Å²) in [6.07, 6.45) is 0. The SMILES string of the molecule is COc1cccc(C(=O)N2CCOCC2CN(C)CCO)c1. The summed E-state index contributed by atoms with van der Waals surface area (Å²) in [4.78, 5) is 16.6. The van der Waals surface area contributed by atoms with Crippen LogP contribution in [-0.4, -0.2) is 80.5 Å². The molecule has 1 aliphatic heterocycles. The van der Waals surface area contributed by atoms with Gasteiger partial charge in [-0.1, -0.05) is 6.07 Å². The Morgan fingerprint density at radius 3 is 3.09 bits per heavy atom. The lowest BCUT2D eigenvalue weighted by Crippen LogP contribution is -2.53. The van der Waals surface area contributed by atoms with E-state index in [2.05, 4.69) is 0 Å². The van der Waals surface area contributed by atoms with Crippen LogP contribution in [0.25, 0.3) is 0 Å². The number of amides is 1. The number of ether oxygens (including phenoxy) is 2. The van der Waals surface area contributed by atoms with Gasteiger partial charge in [-0.2, -0.15) is 0 Å². The van der Waals surface area contributed by atoms with Crippen molar-refractivity contribution >= 4 is 5.91 Å². The Hall–Kier alpha value is -1.63. The molecule has 1 saturated heterocycles. The lowest BCUT2D eigenvalue weighted by atomic mass is 10.1. The van der Waals surface area contributed by atoms with Gasteiger partial charge < -0.3 is 24.4 Å². The average molecular weight is 308 g/mol. The standard InChI is InChI=1S/C16H24N2O4/c1-17(6-8-19)11-14-12-22-9-7-18(14)16(20)13-4-3-5-15(10-13)21-2/h3-5,10,14,19H,6-9,11-12H2,1-2H3. The van der Waals surface area contributed by atoms with Gasteiger partial charge in [0.15, 0.2) is 0 Å². The maximum Gasteiger partial charge on any atom is 0.254 e. The molecule has 1 fully saturated rings. The molecule has 1 amide bonds. The second kappa shape index (κ2) is 8.12. The van der Waals surface area contributed by atoms with E-state index in [0.29, 0.717) is 44.2 Å². The van der Waals surface area contributed by atoms with Crippen LogP contribution < -0.4 is 4.74 Å². The van der Waals surface area contributed by atoms with Crippen molar-refractivity contribution in [3.63, 3.8) is 0 Å². The predicted molar refractivity (Wildman–Crippen MR) is 83.2 cm³/mol. The third-order valence-corrected chi connectivity index (χ3v) is 3.81. The molecule has 0 spiro atoms. The molecule has 0 radical (unpaired) electrons. The van der Waals surface area contributed by atoms with E-state index in [4.69, 9.17) is 14.6 Å². The Kier molecular flexibility index (Phi) is 6.18. The minimum Gasteiger partial charge on any atom is -0.497 e. The van der Waals surface area contributed by atoms with Crippen LogP contribution in [0.3, 0.4) is 0 Å². The fraction of sp³-hybridized carbons (Fsp3) is 0.562. The van der Waals surface area contributed by atoms with Crippen LogP contribution in [0.1, 0.15) is 10.4 Å². The number of methoxy groups -OCH3 is 1. The van der Waals surface area contributed by atoms with Crippen molar-refractivity contribution in [1.82, 2.24) is 9.80 Å². The zero-order valence-electron chi connectivity index (χ0n) is 13.2. The molecule has 1 aromatic carbocycles. The summed E-state index contributed by atoms with van der Waals surface area (Å²) in [7, 11) is 3.52. The molecule has 1 unspecified atom stereocenters. The van der Waals surface area contributed by atoms with E-state index in [9.17, 15) is 4.79 Å². The van der Waals surface area contributed by atoms with Gasteiger partial charge in [0, 0.05) is 25.2 Å². The molecular weight excluding hydrogens is 284 g/mol. The van der Waals surface area contributed by atoms with E-state index < -0.39 is 0 Å². The molecule has 6 nitrogen and oxygen atoms in total. The quantitative estimate of drug-likeness (QED) is 0.827. The molecule has 22 heavy (non-hydrogen) atoms. The van der Waals surface area contributed by atoms with Crippen molar-refractivity contribution in [2.45, 2.75) is 6.04 Å². The number of morpholine rings is 1. The highest BCUT2D eigenvalue weighted by Crippen LogP contribution is 2.17. The second-order valence-electron chi connectivity index (χ2n) is 5.45. The molecule has 0 aliphatic carbocycles. The van der Waals surface area contributed by atoms with Crippen molar-refractivity contribution in [2.24, 2.45) is 0 Å². The Morgan fingerprint density at radius 2 is 2.36 bits per heavy atom. The summed E-state index contributed by atoms with van der Waals surface area (Å²) < 4.78 is 10.7. The number of rotatable bonds is 6. The minimum atomic E-state index is -0.0102. The molecule has 0 saturated carbocycles. The van der Waals surface area contributed by atoms with Gasteiger partial charge in [0.1, 0.15) is 5.75 Å². The number of likely N-dealkylation sites (N-methyl/N-ethyl adjacent to an activating group) is 1. The predicted octanol–water partition coefficient (Wildman–Crippen LogP) is 0.460. The summed E-state index contributed by atoms with van der Waals surface area (Å²) in [6.45, 7) is 3.01. The van der Waals surface area contributed by atoms with Gasteiger partial charge in [-0.05, 0) is 25.2 Å². The highest BCUT2D eigenvalue weighted by molar-refractivity contribution is 5.94. The summed E-state index contributed by atoms with van der Waals surface area (Å²) in [5.41, 5.74) is 0.621. The third-order valence-electron chi connectivity index (χ3n) is 3.81. The molecule has 122 valence electrons. The number of aliphatic hydroxyl groups is 1. The van der Waals surface area contributed by atoms with Crippen LogP contribution >= 0.6 is 0 Å². The van der Waals surface area contributed by atoms with Gasteiger partial charge >= 0.3 is 0 Å². The van der Waals surface area contributed by atoms with Crippen molar-refractivity contribution < 1.29 is 19.4 Å². The maximum absolute atomic E-state index is 12.8. The van der Waals surface area contributed by atoms with Crippen molar-refractivity contribution in [2.75, 3.05) is 53.6 Å². The van der Waals surface area contributed by atoms with Crippen molar-refractivity contribution in [1.29, 1.82) is 0 Å². The number of carbonyl (C=O) groups is 1. The van der Waals surface area contributed by atoms with Gasteiger partial charge in [0.2, 0.25) is 0 Å². The normalized spacial score (nSPS) is 18.5. The van der Waals surface area contributed by atoms with E-state index in [-0.39, 0.29) is 18.6 Å². The number of nitrogens with zero attached hydrogens (tertiary/aromatic N) is 2. The summed E-state index contributed by atoms with van der Waals surface area (Å²) in [5, 5.41) is 9.01. The van der Waals surface area contributed by atoms with Crippen molar-refractivity contribution in [3.8, 4) is 5.75 Å². The second-order valence-corrected chi connectivity index (χ2v) is 5.45. The first kappa shape index (κ1) is 16.7. The Balaban J connectivity index is 2.10. The summed E-state index contributed by atoms with van der Waals surface area (Å²) in [6, 6.07) is 7.19. The average Bonchev–Trinajstić information content (AvgIpc) is 2.55. The molecule has 1 aromatic rings. The highest BCUT2D eigenvalue weighted by atomic mass is 16.5. The van der Waals surface area contributed by atoms with Crippen molar-refractivity contribution in [3.05, 3.63) is 29.8 Å². The minimum absolute atomic E-state index is 0.00963. The van der Waals surface area contributed by atoms with Crippen LogP contribution in [-0.2, 0) is 4.74 Å². The monoisotopic (exact) mass is 308 g/mol.